The van der Waals surface area contributed by atoms with Gasteiger partial charge >= 0.3 is 6.09 Å². The van der Waals surface area contributed by atoms with Gasteiger partial charge in [0.15, 0.2) is 0 Å². The van der Waals surface area contributed by atoms with Crippen LogP contribution in [0.5, 0.6) is 0 Å². The number of rotatable bonds is 2. The third-order valence-electron chi connectivity index (χ3n) is 3.75. The third kappa shape index (κ3) is 3.82. The van der Waals surface area contributed by atoms with Crippen molar-refractivity contribution in [1.29, 1.82) is 0 Å². The Morgan fingerprint density at radius 3 is 2.60 bits per heavy atom. The van der Waals surface area contributed by atoms with Crippen molar-refractivity contribution in [2.24, 2.45) is 0 Å². The van der Waals surface area contributed by atoms with Gasteiger partial charge in [-0.15, -0.1) is 11.3 Å². The van der Waals surface area contributed by atoms with E-state index in [1.54, 1.807) is 35.5 Å². The molecule has 0 fully saturated rings. The Morgan fingerprint density at radius 2 is 2.04 bits per heavy atom. The molecular weight excluding hydrogens is 338 g/mol. The molecule has 132 valence electrons. The molecule has 1 aliphatic rings. The molecule has 2 aromatic rings. The van der Waals surface area contributed by atoms with Crippen LogP contribution in [0, 0.1) is 0 Å². The number of hydrogen-bond acceptors (Lipinski definition) is 5. The summed E-state index contributed by atoms with van der Waals surface area (Å²) in [6.45, 7) is 6.72. The van der Waals surface area contributed by atoms with Crippen LogP contribution in [0.3, 0.4) is 0 Å². The standard InChI is InChI=1S/C18H21N3O3S/c1-18(2,3)24-17(23)21-9-12-7-14(25-15(12)10-21)11-5-6-13(20-8-11)16(22)19-4/h5-8H,9-10H2,1-4H3,(H,19,22). The number of fused-ring (bicyclic) bond motifs is 1. The Balaban J connectivity index is 1.71. The molecule has 0 atom stereocenters. The van der Waals surface area contributed by atoms with Gasteiger partial charge in [0, 0.05) is 28.6 Å². The highest BCUT2D eigenvalue weighted by Gasteiger charge is 2.29. The normalized spacial score (nSPS) is 13.5. The van der Waals surface area contributed by atoms with Gasteiger partial charge in [-0.25, -0.2) is 4.79 Å². The van der Waals surface area contributed by atoms with Crippen LogP contribution >= 0.6 is 11.3 Å². The van der Waals surface area contributed by atoms with Gasteiger partial charge in [0.1, 0.15) is 11.3 Å². The molecule has 2 amide bonds. The van der Waals surface area contributed by atoms with Crippen molar-refractivity contribution < 1.29 is 14.3 Å². The van der Waals surface area contributed by atoms with Gasteiger partial charge in [0.2, 0.25) is 0 Å². The fourth-order valence-corrected chi connectivity index (χ4v) is 3.75. The van der Waals surface area contributed by atoms with E-state index in [4.69, 9.17) is 4.74 Å². The van der Waals surface area contributed by atoms with Crippen molar-refractivity contribution in [2.75, 3.05) is 7.05 Å². The van der Waals surface area contributed by atoms with Crippen LogP contribution in [-0.4, -0.2) is 34.5 Å². The van der Waals surface area contributed by atoms with Crippen LogP contribution in [0.15, 0.2) is 24.4 Å². The minimum absolute atomic E-state index is 0.201. The second kappa shape index (κ2) is 6.48. The summed E-state index contributed by atoms with van der Waals surface area (Å²) in [4.78, 5) is 31.9. The topological polar surface area (TPSA) is 71.5 Å². The van der Waals surface area contributed by atoms with E-state index in [2.05, 4.69) is 16.4 Å². The molecule has 1 aliphatic heterocycles. The van der Waals surface area contributed by atoms with Crippen molar-refractivity contribution in [3.63, 3.8) is 0 Å². The summed E-state index contributed by atoms with van der Waals surface area (Å²) in [6, 6.07) is 5.69. The molecule has 0 unspecified atom stereocenters. The maximum absolute atomic E-state index is 12.2. The molecule has 7 heteroatoms. The number of nitrogens with zero attached hydrogens (tertiary/aromatic N) is 2. The smallest absolute Gasteiger partial charge is 0.410 e. The van der Waals surface area contributed by atoms with Crippen LogP contribution in [0.4, 0.5) is 4.79 Å². The first-order valence-corrected chi connectivity index (χ1v) is 8.86. The molecule has 0 spiro atoms. The Hall–Kier alpha value is -2.41. The lowest BCUT2D eigenvalue weighted by atomic mass is 10.2. The minimum atomic E-state index is -0.490. The lowest BCUT2D eigenvalue weighted by molar-refractivity contribution is 0.0242. The predicted octanol–water partition coefficient (Wildman–Crippen LogP) is 3.42. The molecule has 25 heavy (non-hydrogen) atoms. The van der Waals surface area contributed by atoms with Crippen LogP contribution in [-0.2, 0) is 17.8 Å². The maximum Gasteiger partial charge on any atom is 0.410 e. The first kappa shape index (κ1) is 17.4. The van der Waals surface area contributed by atoms with Crippen molar-refractivity contribution in [3.8, 4) is 10.4 Å². The molecule has 0 aliphatic carbocycles. The molecule has 0 saturated heterocycles. The summed E-state index contributed by atoms with van der Waals surface area (Å²) in [6.07, 6.45) is 1.42. The zero-order valence-corrected chi connectivity index (χ0v) is 15.6. The molecule has 2 aromatic heterocycles. The number of carbonyl (C=O) groups excluding carboxylic acids is 2. The number of ether oxygens (including phenoxy) is 1. The summed E-state index contributed by atoms with van der Waals surface area (Å²) in [5.74, 6) is -0.201. The summed E-state index contributed by atoms with van der Waals surface area (Å²) in [5, 5.41) is 2.56. The number of aromatic nitrogens is 1. The zero-order chi connectivity index (χ0) is 18.2. The molecule has 0 aromatic carbocycles. The molecule has 3 heterocycles. The van der Waals surface area contributed by atoms with E-state index in [1.807, 2.05) is 26.8 Å². The number of pyridine rings is 1. The highest BCUT2D eigenvalue weighted by atomic mass is 32.1. The number of nitrogens with one attached hydrogen (secondary N) is 1. The summed E-state index contributed by atoms with van der Waals surface area (Å²) in [5.41, 5.74) is 2.01. The quantitative estimate of drug-likeness (QED) is 0.892. The van der Waals surface area contributed by atoms with Crippen molar-refractivity contribution in [2.45, 2.75) is 39.5 Å². The van der Waals surface area contributed by atoms with E-state index in [0.29, 0.717) is 18.8 Å². The second-order valence-corrected chi connectivity index (χ2v) is 8.04. The van der Waals surface area contributed by atoms with Gasteiger partial charge in [0.25, 0.3) is 5.91 Å². The Labute approximate surface area is 150 Å². The van der Waals surface area contributed by atoms with E-state index in [1.165, 1.54) is 0 Å². The highest BCUT2D eigenvalue weighted by Crippen LogP contribution is 2.37. The Kier molecular flexibility index (Phi) is 4.51. The Morgan fingerprint density at radius 1 is 1.28 bits per heavy atom. The van der Waals surface area contributed by atoms with Crippen molar-refractivity contribution in [1.82, 2.24) is 15.2 Å². The van der Waals surface area contributed by atoms with Crippen LogP contribution in [0.2, 0.25) is 0 Å². The van der Waals surface area contributed by atoms with Crippen LogP contribution in [0.25, 0.3) is 10.4 Å². The first-order chi connectivity index (χ1) is 11.8. The van der Waals surface area contributed by atoms with Gasteiger partial charge in [-0.2, -0.15) is 0 Å². The Bertz CT molecular complexity index is 782. The molecule has 6 nitrogen and oxygen atoms in total. The average Bonchev–Trinajstić information content (AvgIpc) is 3.11. The first-order valence-electron chi connectivity index (χ1n) is 8.05. The zero-order valence-electron chi connectivity index (χ0n) is 14.8. The van der Waals surface area contributed by atoms with E-state index < -0.39 is 5.60 Å². The monoisotopic (exact) mass is 359 g/mol. The summed E-state index contributed by atoms with van der Waals surface area (Å²) >= 11 is 1.64. The van der Waals surface area contributed by atoms with Crippen molar-refractivity contribution >= 4 is 23.3 Å². The minimum Gasteiger partial charge on any atom is -0.444 e. The van der Waals surface area contributed by atoms with Gasteiger partial charge < -0.3 is 10.1 Å². The lowest BCUT2D eigenvalue weighted by Crippen LogP contribution is -2.33. The number of thiophene rings is 1. The maximum atomic E-state index is 12.2. The average molecular weight is 359 g/mol. The highest BCUT2D eigenvalue weighted by molar-refractivity contribution is 7.15. The second-order valence-electron chi connectivity index (χ2n) is 6.91. The predicted molar refractivity (Wildman–Crippen MR) is 96.4 cm³/mol. The number of hydrogen-bond donors (Lipinski definition) is 1. The van der Waals surface area contributed by atoms with Gasteiger partial charge in [-0.1, -0.05) is 0 Å². The summed E-state index contributed by atoms with van der Waals surface area (Å²) < 4.78 is 5.43. The van der Waals surface area contributed by atoms with E-state index in [-0.39, 0.29) is 12.0 Å². The van der Waals surface area contributed by atoms with Gasteiger partial charge in [-0.3, -0.25) is 14.7 Å². The van der Waals surface area contributed by atoms with Gasteiger partial charge in [0.05, 0.1) is 13.1 Å². The summed E-state index contributed by atoms with van der Waals surface area (Å²) in [7, 11) is 1.58. The van der Waals surface area contributed by atoms with E-state index >= 15 is 0 Å². The molecule has 0 radical (unpaired) electrons. The fourth-order valence-electron chi connectivity index (χ4n) is 2.57. The van der Waals surface area contributed by atoms with Crippen LogP contribution in [0.1, 0.15) is 41.7 Å². The number of amides is 2. The van der Waals surface area contributed by atoms with Crippen LogP contribution < -0.4 is 5.32 Å². The lowest BCUT2D eigenvalue weighted by Gasteiger charge is -2.24. The van der Waals surface area contributed by atoms with Gasteiger partial charge in [-0.05, 0) is 44.5 Å². The molecule has 0 saturated carbocycles. The van der Waals surface area contributed by atoms with E-state index in [0.717, 1.165) is 20.9 Å². The van der Waals surface area contributed by atoms with Crippen molar-refractivity contribution in [3.05, 3.63) is 40.5 Å². The molecular formula is C18H21N3O3S. The molecule has 0 bridgehead atoms. The molecule has 3 rings (SSSR count). The fraction of sp³-hybridized carbons (Fsp3) is 0.389. The SMILES string of the molecule is CNC(=O)c1ccc(-c2cc3c(s2)CN(C(=O)OC(C)(C)C)C3)cn1. The largest absolute Gasteiger partial charge is 0.444 e. The molecule has 1 N–H and O–H groups in total. The third-order valence-corrected chi connectivity index (χ3v) is 4.96. The van der Waals surface area contributed by atoms with E-state index in [9.17, 15) is 9.59 Å². The number of carbonyl (C=O) groups is 2.